The zero-order valence-electron chi connectivity index (χ0n) is 10.7. The number of hydrogen-bond donors (Lipinski definition) is 1. The van der Waals surface area contributed by atoms with Crippen LogP contribution in [0.25, 0.3) is 10.8 Å². The fourth-order valence-electron chi connectivity index (χ4n) is 2.01. The molecule has 0 aliphatic heterocycles. The van der Waals surface area contributed by atoms with Gasteiger partial charge in [0.25, 0.3) is 5.67 Å². The van der Waals surface area contributed by atoms with Crippen molar-refractivity contribution < 1.29 is 0 Å². The summed E-state index contributed by atoms with van der Waals surface area (Å²) in [6.45, 7) is 0. The second-order valence-corrected chi connectivity index (χ2v) is 5.36. The summed E-state index contributed by atoms with van der Waals surface area (Å²) in [5.74, 6) is 0.694. The van der Waals surface area contributed by atoms with E-state index in [-0.39, 0.29) is 0 Å². The van der Waals surface area contributed by atoms with Gasteiger partial charge in [-0.25, -0.2) is 0 Å². The van der Waals surface area contributed by atoms with Gasteiger partial charge in [0.2, 0.25) is 0 Å². The lowest BCUT2D eigenvalue weighted by molar-refractivity contribution is 1.25. The minimum absolute atomic E-state index is 0.404. The molecule has 0 aliphatic carbocycles. The summed E-state index contributed by atoms with van der Waals surface area (Å²) in [4.78, 5) is 0. The van der Waals surface area contributed by atoms with E-state index in [1.54, 1.807) is 0 Å². The smallest absolute Gasteiger partial charge is 0.267 e. The Morgan fingerprint density at radius 1 is 1.40 bits per heavy atom. The van der Waals surface area contributed by atoms with Gasteiger partial charge in [0.1, 0.15) is 0 Å². The van der Waals surface area contributed by atoms with Gasteiger partial charge in [0.15, 0.2) is 0 Å². The molecule has 0 aliphatic rings. The number of nitrogens with two attached hydrogens (primary N) is 1. The molecule has 0 aromatic heterocycles. The maximum atomic E-state index is 8.86. The van der Waals surface area contributed by atoms with E-state index < -0.39 is 0 Å². The third kappa shape index (κ3) is 3.55. The van der Waals surface area contributed by atoms with Crippen molar-refractivity contribution in [2.45, 2.75) is 12.2 Å². The number of thioether (sulfide) groups is 1. The molecular weight excluding hydrogens is 290 g/mol. The van der Waals surface area contributed by atoms with Crippen molar-refractivity contribution in [1.29, 1.82) is 5.26 Å². The van der Waals surface area contributed by atoms with Crippen molar-refractivity contribution in [3.05, 3.63) is 47.5 Å². The van der Waals surface area contributed by atoms with Crippen LogP contribution in [-0.4, -0.2) is 10.8 Å². The fourth-order valence-corrected chi connectivity index (χ4v) is 2.84. The van der Waals surface area contributed by atoms with Crippen molar-refractivity contribution in [2.75, 3.05) is 0 Å². The summed E-state index contributed by atoms with van der Waals surface area (Å²) < 4.78 is 3.82. The van der Waals surface area contributed by atoms with Crippen molar-refractivity contribution in [2.24, 2.45) is 5.73 Å². The van der Waals surface area contributed by atoms with Gasteiger partial charge >= 0.3 is 5.17 Å². The lowest BCUT2D eigenvalue weighted by Gasteiger charge is -2.07. The first-order valence-corrected chi connectivity index (χ1v) is 7.42. The first-order valence-electron chi connectivity index (χ1n) is 6.00. The van der Waals surface area contributed by atoms with Gasteiger partial charge in [0.05, 0.1) is 12.5 Å². The molecule has 0 unspecified atom stereocenters. The number of hydrogen-bond acceptors (Lipinski definition) is 2. The van der Waals surface area contributed by atoms with Gasteiger partial charge < -0.3 is 0 Å². The van der Waals surface area contributed by atoms with Crippen molar-refractivity contribution >= 4 is 45.0 Å². The molecule has 0 heterocycles. The molecule has 20 heavy (non-hydrogen) atoms. The zero-order valence-corrected chi connectivity index (χ0v) is 12.3. The van der Waals surface area contributed by atoms with E-state index in [4.69, 9.17) is 22.6 Å². The molecule has 0 saturated heterocycles. The minimum atomic E-state index is 0.404. The highest BCUT2D eigenvalue weighted by Gasteiger charge is 2.08. The standard InChI is InChI=1S/C15H12ClN3S/c16-10-19-15(18)20-9-13-8-11(5-6-17)7-12-3-1-2-4-14(12)13/h1-4,7-8,10,18H,5,9H2/p+1. The van der Waals surface area contributed by atoms with Crippen LogP contribution in [-0.2, 0) is 12.2 Å². The Hall–Kier alpha value is -1.92. The predicted octanol–water partition coefficient (Wildman–Crippen LogP) is 2.79. The van der Waals surface area contributed by atoms with Gasteiger partial charge in [-0.15, -0.1) is 0 Å². The molecular formula is C15H13ClN3S+. The highest BCUT2D eigenvalue weighted by atomic mass is 35.5. The number of nitriles is 1. The van der Waals surface area contributed by atoms with Crippen LogP contribution in [0.5, 0.6) is 0 Å². The van der Waals surface area contributed by atoms with E-state index in [0.717, 1.165) is 22.2 Å². The van der Waals surface area contributed by atoms with E-state index in [1.165, 1.54) is 17.1 Å². The predicted molar refractivity (Wildman–Crippen MR) is 87.8 cm³/mol. The third-order valence-corrected chi connectivity index (χ3v) is 3.80. The molecule has 5 heteroatoms. The van der Waals surface area contributed by atoms with Gasteiger partial charge in [-0.05, 0) is 45.3 Å². The van der Waals surface area contributed by atoms with E-state index in [1.807, 2.05) is 18.2 Å². The van der Waals surface area contributed by atoms with Crippen LogP contribution in [0.3, 0.4) is 0 Å². The molecule has 0 saturated carbocycles. The van der Waals surface area contributed by atoms with Crippen LogP contribution in [0, 0.1) is 11.3 Å². The molecule has 3 nitrogen and oxygen atoms in total. The first kappa shape index (κ1) is 14.5. The van der Waals surface area contributed by atoms with Gasteiger partial charge in [0, 0.05) is 5.75 Å². The van der Waals surface area contributed by atoms with Crippen LogP contribution in [0.4, 0.5) is 0 Å². The molecule has 2 rings (SSSR count). The molecule has 0 bridgehead atoms. The molecule has 2 N–H and O–H groups in total. The maximum absolute atomic E-state index is 8.86. The summed E-state index contributed by atoms with van der Waals surface area (Å²) in [6.07, 6.45) is 0.404. The number of amidine groups is 1. The normalized spacial score (nSPS) is 9.80. The quantitative estimate of drug-likeness (QED) is 0.539. The zero-order chi connectivity index (χ0) is 14.4. The summed E-state index contributed by atoms with van der Waals surface area (Å²) in [6, 6.07) is 14.4. The molecule has 2 aromatic rings. The van der Waals surface area contributed by atoms with E-state index >= 15 is 0 Å². The minimum Gasteiger partial charge on any atom is -0.267 e. The Morgan fingerprint density at radius 3 is 2.95 bits per heavy atom. The first-order chi connectivity index (χ1) is 9.74. The van der Waals surface area contributed by atoms with E-state index in [0.29, 0.717) is 17.3 Å². The third-order valence-electron chi connectivity index (χ3n) is 2.84. The second-order valence-electron chi connectivity index (χ2n) is 4.16. The Kier molecular flexibility index (Phi) is 5.09. The summed E-state index contributed by atoms with van der Waals surface area (Å²) in [7, 11) is 0. The largest absolute Gasteiger partial charge is 0.403 e. The van der Waals surface area contributed by atoms with Crippen LogP contribution < -0.4 is 10.4 Å². The average Bonchev–Trinajstić information content (AvgIpc) is 2.45. The number of fused-ring (bicyclic) bond motifs is 1. The average molecular weight is 303 g/mol. The molecule has 100 valence electrons. The van der Waals surface area contributed by atoms with Crippen LogP contribution >= 0.6 is 23.4 Å². The number of benzene rings is 2. The van der Waals surface area contributed by atoms with Crippen molar-refractivity contribution in [3.8, 4) is 6.07 Å². The lowest BCUT2D eigenvalue weighted by Crippen LogP contribution is -2.10. The fraction of sp³-hybridized carbons (Fsp3) is 0.133. The van der Waals surface area contributed by atoms with E-state index in [2.05, 4.69) is 28.9 Å². The topological polar surface area (TPSA) is 63.9 Å². The SMILES string of the molecule is N#CCc1cc(CSC(N)=[N+]=CCl)c2ccccc2c1. The molecule has 0 fully saturated rings. The number of nitrogens with zero attached hydrogens (tertiary/aromatic N) is 2. The van der Waals surface area contributed by atoms with E-state index in [9.17, 15) is 0 Å². The number of rotatable bonds is 3. The number of halogens is 1. The Labute approximate surface area is 126 Å². The van der Waals surface area contributed by atoms with Gasteiger partial charge in [-0.3, -0.25) is 5.73 Å². The Morgan fingerprint density at radius 2 is 2.20 bits per heavy atom. The highest BCUT2D eigenvalue weighted by Crippen LogP contribution is 2.24. The van der Waals surface area contributed by atoms with Gasteiger partial charge in [-0.2, -0.15) is 9.93 Å². The van der Waals surface area contributed by atoms with Crippen molar-refractivity contribution in [1.82, 2.24) is 4.67 Å². The molecule has 0 radical (unpaired) electrons. The maximum Gasteiger partial charge on any atom is 0.403 e. The van der Waals surface area contributed by atoms with Crippen LogP contribution in [0.15, 0.2) is 36.4 Å². The summed E-state index contributed by atoms with van der Waals surface area (Å²) >= 11 is 6.82. The summed E-state index contributed by atoms with van der Waals surface area (Å²) in [5.41, 5.74) is 9.04. The molecule has 0 atom stereocenters. The van der Waals surface area contributed by atoms with Crippen molar-refractivity contribution in [3.63, 3.8) is 0 Å². The lowest BCUT2D eigenvalue weighted by atomic mass is 10.0. The highest BCUT2D eigenvalue weighted by molar-refractivity contribution is 8.13. The Bertz CT molecular complexity index is 727. The molecule has 0 spiro atoms. The van der Waals surface area contributed by atoms with Crippen LogP contribution in [0.2, 0.25) is 0 Å². The Balaban J connectivity index is 2.39. The van der Waals surface area contributed by atoms with Crippen LogP contribution in [0.1, 0.15) is 11.1 Å². The second kappa shape index (κ2) is 7.02. The van der Waals surface area contributed by atoms with Gasteiger partial charge in [-0.1, -0.05) is 36.4 Å². The monoisotopic (exact) mass is 302 g/mol. The molecule has 2 aromatic carbocycles. The summed E-state index contributed by atoms with van der Waals surface area (Å²) in [5, 5.41) is 11.6. The molecule has 0 amide bonds.